The minimum atomic E-state index is -0.750. The molecule has 1 aliphatic heterocycles. The van der Waals surface area contributed by atoms with Gasteiger partial charge in [0, 0.05) is 12.1 Å². The molecule has 3 amide bonds. The number of carbonyl (C=O) groups excluding carboxylic acids is 3. The molecule has 134 valence electrons. The van der Waals surface area contributed by atoms with E-state index in [1.807, 2.05) is 19.1 Å². The van der Waals surface area contributed by atoms with Crippen molar-refractivity contribution in [3.05, 3.63) is 53.6 Å². The number of hydrogen-bond acceptors (Lipinski definition) is 5. The van der Waals surface area contributed by atoms with Crippen molar-refractivity contribution >= 4 is 40.2 Å². The summed E-state index contributed by atoms with van der Waals surface area (Å²) in [6.45, 7) is 3.59. The van der Waals surface area contributed by atoms with Gasteiger partial charge in [0.15, 0.2) is 0 Å². The third kappa shape index (κ3) is 3.57. The standard InChI is InChI=1S/C19H18N2O4S/c1-11-5-3-4-6-15(11)21-18(24)16(26-19(21)25)10-17(23)20-14-8-7-13(22)9-12(14)2/h3-9,16,22H,10H2,1-2H3,(H,20,23). The summed E-state index contributed by atoms with van der Waals surface area (Å²) >= 11 is 0.867. The first-order chi connectivity index (χ1) is 12.4. The number of aryl methyl sites for hydroxylation is 2. The minimum absolute atomic E-state index is 0.0993. The summed E-state index contributed by atoms with van der Waals surface area (Å²) in [6.07, 6.45) is -0.0993. The van der Waals surface area contributed by atoms with Gasteiger partial charge < -0.3 is 10.4 Å². The van der Waals surface area contributed by atoms with Crippen LogP contribution in [0.3, 0.4) is 0 Å². The summed E-state index contributed by atoms with van der Waals surface area (Å²) in [6, 6.07) is 11.7. The Hall–Kier alpha value is -2.80. The van der Waals surface area contributed by atoms with Gasteiger partial charge in [-0.2, -0.15) is 0 Å². The number of anilines is 2. The van der Waals surface area contributed by atoms with E-state index >= 15 is 0 Å². The molecular formula is C19H18N2O4S. The van der Waals surface area contributed by atoms with Crippen LogP contribution in [0.2, 0.25) is 0 Å². The van der Waals surface area contributed by atoms with Crippen molar-refractivity contribution in [2.45, 2.75) is 25.5 Å². The lowest BCUT2D eigenvalue weighted by Crippen LogP contribution is -2.33. The molecular weight excluding hydrogens is 352 g/mol. The van der Waals surface area contributed by atoms with Crippen LogP contribution in [0, 0.1) is 13.8 Å². The van der Waals surface area contributed by atoms with Crippen LogP contribution in [0.15, 0.2) is 42.5 Å². The van der Waals surface area contributed by atoms with Crippen molar-refractivity contribution in [3.8, 4) is 5.75 Å². The highest BCUT2D eigenvalue weighted by molar-refractivity contribution is 8.15. The highest BCUT2D eigenvalue weighted by Gasteiger charge is 2.42. The zero-order chi connectivity index (χ0) is 18.8. The largest absolute Gasteiger partial charge is 0.508 e. The van der Waals surface area contributed by atoms with Crippen molar-refractivity contribution in [3.63, 3.8) is 0 Å². The Morgan fingerprint density at radius 2 is 1.88 bits per heavy atom. The van der Waals surface area contributed by atoms with Crippen LogP contribution >= 0.6 is 11.8 Å². The number of carbonyl (C=O) groups is 3. The van der Waals surface area contributed by atoms with Gasteiger partial charge in [-0.15, -0.1) is 0 Å². The molecule has 1 fully saturated rings. The zero-order valence-corrected chi connectivity index (χ0v) is 15.2. The molecule has 0 aromatic heterocycles. The number of nitrogens with zero attached hydrogens (tertiary/aromatic N) is 1. The zero-order valence-electron chi connectivity index (χ0n) is 14.4. The fourth-order valence-electron chi connectivity index (χ4n) is 2.78. The van der Waals surface area contributed by atoms with Gasteiger partial charge in [-0.1, -0.05) is 18.2 Å². The number of thioether (sulfide) groups is 1. The number of phenolic OH excluding ortho intramolecular Hbond substituents is 1. The molecule has 7 heteroatoms. The monoisotopic (exact) mass is 370 g/mol. The molecule has 1 unspecified atom stereocenters. The first-order valence-corrected chi connectivity index (χ1v) is 8.94. The van der Waals surface area contributed by atoms with E-state index in [4.69, 9.17) is 0 Å². The van der Waals surface area contributed by atoms with Crippen molar-refractivity contribution in [1.82, 2.24) is 0 Å². The third-order valence-electron chi connectivity index (χ3n) is 4.13. The Morgan fingerprint density at radius 3 is 2.58 bits per heavy atom. The predicted octanol–water partition coefficient (Wildman–Crippen LogP) is 3.61. The fraction of sp³-hybridized carbons (Fsp3) is 0.211. The van der Waals surface area contributed by atoms with Crippen LogP contribution in [0.25, 0.3) is 0 Å². The third-order valence-corrected chi connectivity index (χ3v) is 5.17. The number of hydrogen-bond donors (Lipinski definition) is 2. The van der Waals surface area contributed by atoms with E-state index < -0.39 is 5.25 Å². The number of rotatable bonds is 4. The Balaban J connectivity index is 1.71. The number of para-hydroxylation sites is 1. The quantitative estimate of drug-likeness (QED) is 0.803. The van der Waals surface area contributed by atoms with Gasteiger partial charge in [0.2, 0.25) is 11.8 Å². The predicted molar refractivity (Wildman–Crippen MR) is 102 cm³/mol. The van der Waals surface area contributed by atoms with Crippen molar-refractivity contribution < 1.29 is 19.5 Å². The van der Waals surface area contributed by atoms with Gasteiger partial charge >= 0.3 is 0 Å². The number of benzene rings is 2. The molecule has 1 heterocycles. The molecule has 0 saturated carbocycles. The fourth-order valence-corrected chi connectivity index (χ4v) is 3.75. The molecule has 1 aliphatic rings. The number of nitrogens with one attached hydrogen (secondary N) is 1. The summed E-state index contributed by atoms with van der Waals surface area (Å²) in [7, 11) is 0. The van der Waals surface area contributed by atoms with Crippen LogP contribution in [0.5, 0.6) is 5.75 Å². The van der Waals surface area contributed by atoms with Crippen LogP contribution in [-0.2, 0) is 9.59 Å². The van der Waals surface area contributed by atoms with Crippen molar-refractivity contribution in [1.29, 1.82) is 0 Å². The Kier molecular flexibility index (Phi) is 4.99. The molecule has 6 nitrogen and oxygen atoms in total. The van der Waals surface area contributed by atoms with E-state index in [2.05, 4.69) is 5.32 Å². The molecule has 1 atom stereocenters. The van der Waals surface area contributed by atoms with Crippen molar-refractivity contribution in [2.24, 2.45) is 0 Å². The average molecular weight is 370 g/mol. The van der Waals surface area contributed by atoms with E-state index in [-0.39, 0.29) is 29.2 Å². The van der Waals surface area contributed by atoms with Crippen LogP contribution in [-0.4, -0.2) is 27.4 Å². The summed E-state index contributed by atoms with van der Waals surface area (Å²) in [5, 5.41) is 11.0. The molecule has 0 aliphatic carbocycles. The summed E-state index contributed by atoms with van der Waals surface area (Å²) in [4.78, 5) is 38.4. The van der Waals surface area contributed by atoms with Crippen LogP contribution in [0.4, 0.5) is 16.2 Å². The van der Waals surface area contributed by atoms with Crippen LogP contribution in [0.1, 0.15) is 17.5 Å². The minimum Gasteiger partial charge on any atom is -0.508 e. The number of phenols is 1. The van der Waals surface area contributed by atoms with E-state index in [9.17, 15) is 19.5 Å². The lowest BCUT2D eigenvalue weighted by atomic mass is 10.1. The summed E-state index contributed by atoms with van der Waals surface area (Å²) in [5.74, 6) is -0.627. The lowest BCUT2D eigenvalue weighted by Gasteiger charge is -2.16. The molecule has 1 saturated heterocycles. The number of aromatic hydroxyl groups is 1. The van der Waals surface area contributed by atoms with Gasteiger partial charge in [-0.25, -0.2) is 4.90 Å². The molecule has 2 N–H and O–H groups in total. The van der Waals surface area contributed by atoms with Gasteiger partial charge in [-0.05, 0) is 61.0 Å². The second-order valence-corrected chi connectivity index (χ2v) is 7.24. The van der Waals surface area contributed by atoms with E-state index in [1.54, 1.807) is 25.1 Å². The Bertz CT molecular complexity index is 897. The molecule has 0 radical (unpaired) electrons. The van der Waals surface area contributed by atoms with Gasteiger partial charge in [-0.3, -0.25) is 14.4 Å². The Labute approximate surface area is 155 Å². The van der Waals surface area contributed by atoms with E-state index in [0.717, 1.165) is 22.2 Å². The molecule has 3 rings (SSSR count). The van der Waals surface area contributed by atoms with Crippen molar-refractivity contribution in [2.75, 3.05) is 10.2 Å². The molecule has 2 aromatic rings. The lowest BCUT2D eigenvalue weighted by molar-refractivity contribution is -0.121. The second kappa shape index (κ2) is 7.21. The maximum absolute atomic E-state index is 12.6. The first-order valence-electron chi connectivity index (χ1n) is 8.06. The van der Waals surface area contributed by atoms with Gasteiger partial charge in [0.05, 0.1) is 5.69 Å². The number of imide groups is 1. The topological polar surface area (TPSA) is 86.7 Å². The average Bonchev–Trinajstić information content (AvgIpc) is 2.85. The second-order valence-electron chi connectivity index (χ2n) is 6.08. The summed E-state index contributed by atoms with van der Waals surface area (Å²) in [5.41, 5.74) is 2.64. The van der Waals surface area contributed by atoms with E-state index in [0.29, 0.717) is 16.9 Å². The normalized spacial score (nSPS) is 16.8. The highest BCUT2D eigenvalue weighted by atomic mass is 32.2. The summed E-state index contributed by atoms with van der Waals surface area (Å²) < 4.78 is 0. The Morgan fingerprint density at radius 1 is 1.15 bits per heavy atom. The molecule has 2 aromatic carbocycles. The van der Waals surface area contributed by atoms with E-state index in [1.165, 1.54) is 12.1 Å². The molecule has 0 bridgehead atoms. The highest BCUT2D eigenvalue weighted by Crippen LogP contribution is 2.35. The molecule has 26 heavy (non-hydrogen) atoms. The SMILES string of the molecule is Cc1cc(O)ccc1NC(=O)CC1SC(=O)N(c2ccccc2C)C1=O. The maximum Gasteiger partial charge on any atom is 0.293 e. The van der Waals surface area contributed by atoms with Gasteiger partial charge in [0.1, 0.15) is 11.0 Å². The maximum atomic E-state index is 12.6. The first kappa shape index (κ1) is 18.0. The number of amides is 3. The smallest absolute Gasteiger partial charge is 0.293 e. The van der Waals surface area contributed by atoms with Crippen LogP contribution < -0.4 is 10.2 Å². The van der Waals surface area contributed by atoms with Gasteiger partial charge in [0.25, 0.3) is 5.24 Å². The molecule has 0 spiro atoms.